The van der Waals surface area contributed by atoms with Gasteiger partial charge in [0.1, 0.15) is 0 Å². The van der Waals surface area contributed by atoms with Crippen LogP contribution in [0.2, 0.25) is 0 Å². The Morgan fingerprint density at radius 3 is 2.68 bits per heavy atom. The largest absolute Gasteiger partial charge is 0.493 e. The first kappa shape index (κ1) is 12.9. The molecule has 0 amide bonds. The zero-order valence-corrected chi connectivity index (χ0v) is 10.6. The van der Waals surface area contributed by atoms with Crippen LogP contribution in [0.3, 0.4) is 0 Å². The fourth-order valence-electron chi connectivity index (χ4n) is 1.84. The van der Waals surface area contributed by atoms with E-state index in [1.54, 1.807) is 26.4 Å². The van der Waals surface area contributed by atoms with Gasteiger partial charge in [-0.25, -0.2) is 4.98 Å². The van der Waals surface area contributed by atoms with Gasteiger partial charge in [0.15, 0.2) is 11.5 Å². The number of benzene rings is 1. The number of aromatic amines is 1. The number of carboxylic acids is 1. The van der Waals surface area contributed by atoms with E-state index in [2.05, 4.69) is 9.97 Å². The van der Waals surface area contributed by atoms with E-state index in [0.717, 1.165) is 5.56 Å². The first-order valence-corrected chi connectivity index (χ1v) is 5.62. The van der Waals surface area contributed by atoms with Gasteiger partial charge in [-0.1, -0.05) is 0 Å². The van der Waals surface area contributed by atoms with Crippen LogP contribution in [0.15, 0.2) is 24.5 Å². The summed E-state index contributed by atoms with van der Waals surface area (Å²) < 4.78 is 10.4. The number of rotatable bonds is 5. The Labute approximate surface area is 110 Å². The van der Waals surface area contributed by atoms with Crippen LogP contribution >= 0.6 is 0 Å². The maximum atomic E-state index is 10.8. The molecule has 2 rings (SSSR count). The zero-order valence-electron chi connectivity index (χ0n) is 10.6. The number of hydrogen-bond acceptors (Lipinski definition) is 4. The van der Waals surface area contributed by atoms with Crippen molar-refractivity contribution < 1.29 is 19.4 Å². The molecule has 2 aromatic rings. The summed E-state index contributed by atoms with van der Waals surface area (Å²) >= 11 is 0. The molecule has 2 N–H and O–H groups in total. The molecule has 6 nitrogen and oxygen atoms in total. The third-order valence-corrected chi connectivity index (χ3v) is 2.70. The molecule has 1 aromatic carbocycles. The zero-order chi connectivity index (χ0) is 13.8. The van der Waals surface area contributed by atoms with Crippen LogP contribution in [-0.2, 0) is 11.2 Å². The lowest BCUT2D eigenvalue weighted by atomic mass is 10.1. The molecule has 0 spiro atoms. The second-order valence-corrected chi connectivity index (χ2v) is 3.87. The first-order chi connectivity index (χ1) is 9.15. The smallest absolute Gasteiger partial charge is 0.309 e. The Balaban J connectivity index is 2.42. The van der Waals surface area contributed by atoms with Crippen molar-refractivity contribution in [3.63, 3.8) is 0 Å². The van der Waals surface area contributed by atoms with Crippen molar-refractivity contribution in [1.82, 2.24) is 9.97 Å². The highest BCUT2D eigenvalue weighted by Crippen LogP contribution is 2.32. The number of H-pyrrole nitrogens is 1. The average molecular weight is 262 g/mol. The molecular formula is C13H14N2O4. The number of methoxy groups -OCH3 is 2. The van der Waals surface area contributed by atoms with E-state index in [0.29, 0.717) is 22.9 Å². The number of ether oxygens (including phenoxy) is 2. The van der Waals surface area contributed by atoms with Crippen LogP contribution in [0.1, 0.15) is 5.69 Å². The molecule has 100 valence electrons. The van der Waals surface area contributed by atoms with Gasteiger partial charge in [0.05, 0.1) is 38.4 Å². The standard InChI is InChI=1S/C13H14N2O4/c1-18-10-4-3-8(5-11(10)19-2)13-9(6-12(16)17)14-7-15-13/h3-5,7H,6H2,1-2H3,(H,14,15)(H,16,17). The van der Waals surface area contributed by atoms with Crippen molar-refractivity contribution in [1.29, 1.82) is 0 Å². The fraction of sp³-hybridized carbons (Fsp3) is 0.231. The molecule has 1 heterocycles. The van der Waals surface area contributed by atoms with Crippen molar-refractivity contribution in [2.45, 2.75) is 6.42 Å². The van der Waals surface area contributed by atoms with Crippen LogP contribution in [0, 0.1) is 0 Å². The van der Waals surface area contributed by atoms with Crippen molar-refractivity contribution in [2.24, 2.45) is 0 Å². The molecule has 19 heavy (non-hydrogen) atoms. The van der Waals surface area contributed by atoms with Crippen LogP contribution in [-0.4, -0.2) is 35.3 Å². The van der Waals surface area contributed by atoms with E-state index in [-0.39, 0.29) is 6.42 Å². The van der Waals surface area contributed by atoms with E-state index >= 15 is 0 Å². The molecule has 0 radical (unpaired) electrons. The van der Waals surface area contributed by atoms with Gasteiger partial charge in [-0.15, -0.1) is 0 Å². The van der Waals surface area contributed by atoms with Crippen molar-refractivity contribution >= 4 is 5.97 Å². The number of carbonyl (C=O) groups is 1. The Morgan fingerprint density at radius 2 is 2.05 bits per heavy atom. The number of nitrogens with zero attached hydrogens (tertiary/aromatic N) is 1. The quantitative estimate of drug-likeness (QED) is 0.857. The Kier molecular flexibility index (Phi) is 3.70. The van der Waals surface area contributed by atoms with Gasteiger partial charge in [0.25, 0.3) is 0 Å². The number of carboxylic acid groups (broad SMARTS) is 1. The minimum atomic E-state index is -0.911. The van der Waals surface area contributed by atoms with E-state index in [4.69, 9.17) is 14.6 Å². The summed E-state index contributed by atoms with van der Waals surface area (Å²) in [5.41, 5.74) is 1.93. The van der Waals surface area contributed by atoms with E-state index in [1.165, 1.54) is 6.33 Å². The van der Waals surface area contributed by atoms with Gasteiger partial charge in [-0.2, -0.15) is 0 Å². The first-order valence-electron chi connectivity index (χ1n) is 5.62. The second kappa shape index (κ2) is 5.43. The van der Waals surface area contributed by atoms with Crippen molar-refractivity contribution in [3.8, 4) is 22.8 Å². The molecule has 0 aliphatic heterocycles. The molecule has 0 unspecified atom stereocenters. The van der Waals surface area contributed by atoms with Crippen LogP contribution < -0.4 is 9.47 Å². The van der Waals surface area contributed by atoms with Crippen LogP contribution in [0.5, 0.6) is 11.5 Å². The molecular weight excluding hydrogens is 248 g/mol. The SMILES string of the molecule is COc1ccc(-c2nc[nH]c2CC(=O)O)cc1OC. The Hall–Kier alpha value is -2.50. The third-order valence-electron chi connectivity index (χ3n) is 2.70. The molecule has 0 saturated heterocycles. The van der Waals surface area contributed by atoms with Gasteiger partial charge in [0.2, 0.25) is 0 Å². The highest BCUT2D eigenvalue weighted by molar-refractivity contribution is 5.74. The summed E-state index contributed by atoms with van der Waals surface area (Å²) in [6, 6.07) is 5.33. The monoisotopic (exact) mass is 262 g/mol. The van der Waals surface area contributed by atoms with Gasteiger partial charge in [0, 0.05) is 5.56 Å². The minimum absolute atomic E-state index is 0.107. The number of aromatic nitrogens is 2. The second-order valence-electron chi connectivity index (χ2n) is 3.87. The maximum Gasteiger partial charge on any atom is 0.309 e. The summed E-state index contributed by atoms with van der Waals surface area (Å²) in [5.74, 6) is 0.275. The van der Waals surface area contributed by atoms with Gasteiger partial charge in [-0.05, 0) is 18.2 Å². The van der Waals surface area contributed by atoms with Crippen molar-refractivity contribution in [2.75, 3.05) is 14.2 Å². The summed E-state index contributed by atoms with van der Waals surface area (Å²) in [6.07, 6.45) is 1.37. The van der Waals surface area contributed by atoms with E-state index < -0.39 is 5.97 Å². The predicted molar refractivity (Wildman–Crippen MR) is 68.5 cm³/mol. The van der Waals surface area contributed by atoms with E-state index in [1.807, 2.05) is 6.07 Å². The molecule has 0 atom stereocenters. The van der Waals surface area contributed by atoms with Crippen LogP contribution in [0.25, 0.3) is 11.3 Å². The molecule has 6 heteroatoms. The lowest BCUT2D eigenvalue weighted by Gasteiger charge is -2.09. The van der Waals surface area contributed by atoms with Gasteiger partial charge >= 0.3 is 5.97 Å². The normalized spacial score (nSPS) is 10.2. The average Bonchev–Trinajstić information content (AvgIpc) is 2.85. The number of hydrogen-bond donors (Lipinski definition) is 2. The molecule has 1 aromatic heterocycles. The lowest BCUT2D eigenvalue weighted by molar-refractivity contribution is -0.136. The van der Waals surface area contributed by atoms with Gasteiger partial charge < -0.3 is 19.6 Å². The molecule has 0 aliphatic rings. The number of nitrogens with one attached hydrogen (secondary N) is 1. The van der Waals surface area contributed by atoms with E-state index in [9.17, 15) is 4.79 Å². The lowest BCUT2D eigenvalue weighted by Crippen LogP contribution is -2.02. The molecule has 0 aliphatic carbocycles. The number of aliphatic carboxylic acids is 1. The topological polar surface area (TPSA) is 84.4 Å². The number of imidazole rings is 1. The maximum absolute atomic E-state index is 10.8. The Morgan fingerprint density at radius 1 is 1.32 bits per heavy atom. The minimum Gasteiger partial charge on any atom is -0.493 e. The summed E-state index contributed by atoms with van der Waals surface area (Å²) in [5, 5.41) is 8.85. The molecule has 0 saturated carbocycles. The van der Waals surface area contributed by atoms with Crippen molar-refractivity contribution in [3.05, 3.63) is 30.2 Å². The predicted octanol–water partition coefficient (Wildman–Crippen LogP) is 1.72. The summed E-state index contributed by atoms with van der Waals surface area (Å²) in [7, 11) is 3.10. The highest BCUT2D eigenvalue weighted by Gasteiger charge is 2.13. The molecule has 0 bridgehead atoms. The summed E-state index contributed by atoms with van der Waals surface area (Å²) in [4.78, 5) is 17.8. The molecule has 0 fully saturated rings. The highest BCUT2D eigenvalue weighted by atomic mass is 16.5. The Bertz CT molecular complexity index is 592. The van der Waals surface area contributed by atoms with Gasteiger partial charge in [-0.3, -0.25) is 4.79 Å². The third kappa shape index (κ3) is 2.67. The van der Waals surface area contributed by atoms with Crippen LogP contribution in [0.4, 0.5) is 0 Å². The fourth-order valence-corrected chi connectivity index (χ4v) is 1.84. The summed E-state index contributed by atoms with van der Waals surface area (Å²) in [6.45, 7) is 0.